The fourth-order valence-corrected chi connectivity index (χ4v) is 2.92. The summed E-state index contributed by atoms with van der Waals surface area (Å²) in [5, 5.41) is 6.90. The number of aromatic nitrogens is 1. The van der Waals surface area contributed by atoms with E-state index < -0.39 is 0 Å². The number of nitrogens with one attached hydrogen (secondary N) is 1. The predicted molar refractivity (Wildman–Crippen MR) is 110 cm³/mol. The van der Waals surface area contributed by atoms with E-state index in [1.807, 2.05) is 36.4 Å². The molecule has 0 aliphatic carbocycles. The maximum Gasteiger partial charge on any atom is 0.220 e. The highest BCUT2D eigenvalue weighted by atomic mass is 16.5. The third kappa shape index (κ3) is 6.04. The van der Waals surface area contributed by atoms with Crippen LogP contribution >= 0.6 is 0 Å². The Morgan fingerprint density at radius 2 is 1.79 bits per heavy atom. The molecule has 0 fully saturated rings. The van der Waals surface area contributed by atoms with E-state index >= 15 is 0 Å². The van der Waals surface area contributed by atoms with E-state index in [1.165, 1.54) is 0 Å². The molecule has 29 heavy (non-hydrogen) atoms. The molecule has 1 aromatic heterocycles. The van der Waals surface area contributed by atoms with E-state index in [0.29, 0.717) is 49.3 Å². The lowest BCUT2D eigenvalue weighted by Crippen LogP contribution is -2.25. The van der Waals surface area contributed by atoms with Gasteiger partial charge >= 0.3 is 0 Å². The minimum Gasteiger partial charge on any atom is -0.497 e. The van der Waals surface area contributed by atoms with Gasteiger partial charge in [0.25, 0.3) is 0 Å². The average molecular weight is 392 g/mol. The van der Waals surface area contributed by atoms with Crippen LogP contribution in [-0.2, 0) is 11.2 Å². The predicted octanol–water partition coefficient (Wildman–Crippen LogP) is 4.06. The number of hydrogen-bond donors (Lipinski definition) is 1. The van der Waals surface area contributed by atoms with Crippen molar-refractivity contribution in [1.29, 1.82) is 0 Å². The molecule has 1 amide bonds. The van der Waals surface area contributed by atoms with Crippen LogP contribution in [0, 0.1) is 0 Å². The highest BCUT2D eigenvalue weighted by Gasteiger charge is 2.09. The van der Waals surface area contributed by atoms with Gasteiger partial charge in [-0.05, 0) is 30.7 Å². The third-order valence-electron chi connectivity index (χ3n) is 4.54. The SMILES string of the molecule is COc1ccc(C(=O)CCCC(=O)NCCc2cc(-c3ccccc3)on2)cc1. The standard InChI is InChI=1S/C23H24N2O4/c1-28-20-12-10-17(11-13-20)21(26)8-5-9-23(27)24-15-14-19-16-22(29-25-19)18-6-3-2-4-7-18/h2-4,6-7,10-13,16H,5,8-9,14-15H2,1H3,(H,24,27). The van der Waals surface area contributed by atoms with Gasteiger partial charge < -0.3 is 14.6 Å². The summed E-state index contributed by atoms with van der Waals surface area (Å²) in [7, 11) is 1.58. The van der Waals surface area contributed by atoms with Crippen molar-refractivity contribution in [3.63, 3.8) is 0 Å². The lowest BCUT2D eigenvalue weighted by molar-refractivity contribution is -0.121. The Labute approximate surface area is 169 Å². The molecule has 0 saturated carbocycles. The van der Waals surface area contributed by atoms with Crippen molar-refractivity contribution in [2.75, 3.05) is 13.7 Å². The van der Waals surface area contributed by atoms with Crippen LogP contribution in [0.5, 0.6) is 5.75 Å². The molecule has 6 nitrogen and oxygen atoms in total. The van der Waals surface area contributed by atoms with Gasteiger partial charge in [-0.15, -0.1) is 0 Å². The number of ketones is 1. The molecule has 0 unspecified atom stereocenters. The first-order valence-corrected chi connectivity index (χ1v) is 9.60. The van der Waals surface area contributed by atoms with Crippen molar-refractivity contribution in [1.82, 2.24) is 10.5 Å². The topological polar surface area (TPSA) is 81.4 Å². The van der Waals surface area contributed by atoms with Crippen LogP contribution in [0.1, 0.15) is 35.3 Å². The Morgan fingerprint density at radius 1 is 1.03 bits per heavy atom. The zero-order valence-corrected chi connectivity index (χ0v) is 16.4. The van der Waals surface area contributed by atoms with E-state index in [9.17, 15) is 9.59 Å². The van der Waals surface area contributed by atoms with Gasteiger partial charge in [0.05, 0.1) is 12.8 Å². The number of ether oxygens (including phenoxy) is 1. The van der Waals surface area contributed by atoms with Gasteiger partial charge in [0.15, 0.2) is 11.5 Å². The van der Waals surface area contributed by atoms with Crippen molar-refractivity contribution in [2.45, 2.75) is 25.7 Å². The molecule has 3 aromatic rings. The van der Waals surface area contributed by atoms with Gasteiger partial charge in [0.1, 0.15) is 5.75 Å². The third-order valence-corrected chi connectivity index (χ3v) is 4.54. The molecule has 0 saturated heterocycles. The molecular formula is C23H24N2O4. The lowest BCUT2D eigenvalue weighted by atomic mass is 10.1. The van der Waals surface area contributed by atoms with Gasteiger partial charge in [0.2, 0.25) is 5.91 Å². The maximum absolute atomic E-state index is 12.2. The molecule has 0 radical (unpaired) electrons. The normalized spacial score (nSPS) is 10.5. The Kier molecular flexibility index (Phi) is 7.16. The van der Waals surface area contributed by atoms with Gasteiger partial charge in [-0.25, -0.2) is 0 Å². The monoisotopic (exact) mass is 392 g/mol. The number of carbonyl (C=O) groups excluding carboxylic acids is 2. The highest BCUT2D eigenvalue weighted by molar-refractivity contribution is 5.96. The van der Waals surface area contributed by atoms with E-state index in [2.05, 4.69) is 10.5 Å². The van der Waals surface area contributed by atoms with Crippen molar-refractivity contribution in [3.05, 3.63) is 71.9 Å². The zero-order valence-electron chi connectivity index (χ0n) is 16.4. The molecule has 1 heterocycles. The molecule has 0 atom stereocenters. The molecule has 0 spiro atoms. The first-order chi connectivity index (χ1) is 14.2. The minimum absolute atomic E-state index is 0.0245. The van der Waals surface area contributed by atoms with Crippen LogP contribution in [0.15, 0.2) is 65.2 Å². The molecule has 1 N–H and O–H groups in total. The summed E-state index contributed by atoms with van der Waals surface area (Å²) >= 11 is 0. The van der Waals surface area contributed by atoms with E-state index in [0.717, 1.165) is 11.3 Å². The number of Topliss-reactive ketones (excluding diaryl/α,β-unsaturated/α-hetero) is 1. The van der Waals surface area contributed by atoms with Crippen molar-refractivity contribution >= 4 is 11.7 Å². The van der Waals surface area contributed by atoms with Gasteiger partial charge in [-0.2, -0.15) is 0 Å². The van der Waals surface area contributed by atoms with E-state index in [4.69, 9.17) is 9.26 Å². The molecule has 6 heteroatoms. The molecular weight excluding hydrogens is 368 g/mol. The van der Waals surface area contributed by atoms with Crippen molar-refractivity contribution in [3.8, 4) is 17.1 Å². The number of hydrogen-bond acceptors (Lipinski definition) is 5. The Morgan fingerprint density at radius 3 is 2.52 bits per heavy atom. The molecule has 150 valence electrons. The number of amides is 1. The zero-order chi connectivity index (χ0) is 20.5. The second kappa shape index (κ2) is 10.2. The van der Waals surface area contributed by atoms with E-state index in [-0.39, 0.29) is 11.7 Å². The summed E-state index contributed by atoms with van der Waals surface area (Å²) < 4.78 is 10.4. The Bertz CT molecular complexity index is 933. The smallest absolute Gasteiger partial charge is 0.220 e. The summed E-state index contributed by atoms with van der Waals surface area (Å²) in [4.78, 5) is 24.1. The van der Waals surface area contributed by atoms with Gasteiger partial charge in [-0.3, -0.25) is 9.59 Å². The van der Waals surface area contributed by atoms with Gasteiger partial charge in [-0.1, -0.05) is 35.5 Å². The van der Waals surface area contributed by atoms with Crippen LogP contribution < -0.4 is 10.1 Å². The molecule has 0 aliphatic heterocycles. The number of benzene rings is 2. The van der Waals surface area contributed by atoms with Crippen molar-refractivity contribution < 1.29 is 18.8 Å². The van der Waals surface area contributed by atoms with Crippen LogP contribution in [0.4, 0.5) is 0 Å². The van der Waals surface area contributed by atoms with Crippen LogP contribution in [-0.4, -0.2) is 30.5 Å². The quantitative estimate of drug-likeness (QED) is 0.526. The molecule has 2 aromatic carbocycles. The first kappa shape index (κ1) is 20.3. The van der Waals surface area contributed by atoms with Gasteiger partial charge in [0, 0.05) is 43.0 Å². The number of rotatable bonds is 10. The molecule has 0 aliphatic rings. The number of carbonyl (C=O) groups is 2. The highest BCUT2D eigenvalue weighted by Crippen LogP contribution is 2.19. The fraction of sp³-hybridized carbons (Fsp3) is 0.261. The van der Waals surface area contributed by atoms with E-state index in [1.54, 1.807) is 31.4 Å². The van der Waals surface area contributed by atoms with Crippen molar-refractivity contribution in [2.24, 2.45) is 0 Å². The van der Waals surface area contributed by atoms with Crippen LogP contribution in [0.3, 0.4) is 0 Å². The number of methoxy groups -OCH3 is 1. The Hall–Kier alpha value is -3.41. The second-order valence-electron chi connectivity index (χ2n) is 6.65. The summed E-state index contributed by atoms with van der Waals surface area (Å²) in [5.74, 6) is 1.38. The summed E-state index contributed by atoms with van der Waals surface area (Å²) in [6.45, 7) is 0.478. The summed E-state index contributed by atoms with van der Waals surface area (Å²) in [6.07, 6.45) is 1.76. The summed E-state index contributed by atoms with van der Waals surface area (Å²) in [6, 6.07) is 18.6. The lowest BCUT2D eigenvalue weighted by Gasteiger charge is -2.05. The average Bonchev–Trinajstić information content (AvgIpc) is 3.23. The number of nitrogens with zero attached hydrogens (tertiary/aromatic N) is 1. The first-order valence-electron chi connectivity index (χ1n) is 9.60. The Balaban J connectivity index is 1.35. The summed E-state index contributed by atoms with van der Waals surface area (Å²) in [5.41, 5.74) is 2.39. The fourth-order valence-electron chi connectivity index (χ4n) is 2.92. The second-order valence-corrected chi connectivity index (χ2v) is 6.65. The minimum atomic E-state index is -0.0701. The molecule has 3 rings (SSSR count). The maximum atomic E-state index is 12.2. The molecule has 0 bridgehead atoms. The van der Waals surface area contributed by atoms with Crippen LogP contribution in [0.25, 0.3) is 11.3 Å². The largest absolute Gasteiger partial charge is 0.497 e. The van der Waals surface area contributed by atoms with Crippen LogP contribution in [0.2, 0.25) is 0 Å².